The largest absolute Gasteiger partial charge is 0.479 e. The minimum Gasteiger partial charge on any atom is -0.479 e. The fourth-order valence-electron chi connectivity index (χ4n) is 0.760. The van der Waals surface area contributed by atoms with Crippen LogP contribution in [0.4, 0.5) is 0 Å². The Morgan fingerprint density at radius 1 is 1.06 bits per heavy atom. The van der Waals surface area contributed by atoms with E-state index in [1.165, 1.54) is 6.92 Å². The van der Waals surface area contributed by atoms with E-state index in [2.05, 4.69) is 0 Å². The third-order valence-corrected chi connectivity index (χ3v) is 1.61. The number of hydrogen-bond acceptors (Lipinski definition) is 6. The number of aliphatic hydroxyl groups excluding tert-OH is 4. The molecule has 0 saturated heterocycles. The molecule has 0 aromatic heterocycles. The van der Waals surface area contributed by atoms with Gasteiger partial charge in [0.2, 0.25) is 0 Å². The van der Waals surface area contributed by atoms with Gasteiger partial charge in [-0.25, -0.2) is 4.79 Å². The van der Waals surface area contributed by atoms with Crippen molar-refractivity contribution >= 4 is 18.4 Å². The highest BCUT2D eigenvalue weighted by Crippen LogP contribution is 1.84. The predicted molar refractivity (Wildman–Crippen MR) is 64.3 cm³/mol. The van der Waals surface area contributed by atoms with Crippen molar-refractivity contribution < 1.29 is 30.3 Å². The van der Waals surface area contributed by atoms with Crippen molar-refractivity contribution in [3.8, 4) is 0 Å². The summed E-state index contributed by atoms with van der Waals surface area (Å²) in [7, 11) is 0. The highest BCUT2D eigenvalue weighted by Gasteiger charge is 2.01. The van der Waals surface area contributed by atoms with E-state index in [1.807, 2.05) is 0 Å². The first-order valence-corrected chi connectivity index (χ1v) is 4.95. The predicted octanol–water partition coefficient (Wildman–Crippen LogP) is -1.86. The number of aliphatic carboxylic acids is 1. The molecule has 1 atom stereocenters. The number of carboxylic acid groups (broad SMARTS) is 1. The second-order valence-electron chi connectivity index (χ2n) is 3.03. The van der Waals surface area contributed by atoms with Crippen molar-refractivity contribution in [3.05, 3.63) is 0 Å². The minimum absolute atomic E-state index is 0. The first kappa shape index (κ1) is 21.8. The average Bonchev–Trinajstić information content (AvgIpc) is 2.19. The molecule has 0 spiro atoms. The zero-order chi connectivity index (χ0) is 13.0. The smallest absolute Gasteiger partial charge is 0.332 e. The van der Waals surface area contributed by atoms with Gasteiger partial charge in [-0.2, -0.15) is 0 Å². The van der Waals surface area contributed by atoms with Crippen LogP contribution in [0.25, 0.3) is 0 Å². The number of carbonyl (C=O) groups is 1. The van der Waals surface area contributed by atoms with Crippen LogP contribution in [-0.4, -0.2) is 82.0 Å². The van der Waals surface area contributed by atoms with Gasteiger partial charge in [0.15, 0.2) is 0 Å². The zero-order valence-corrected chi connectivity index (χ0v) is 10.6. The molecule has 7 nitrogen and oxygen atoms in total. The highest BCUT2D eigenvalue weighted by atomic mass is 35.5. The lowest BCUT2D eigenvalue weighted by Crippen LogP contribution is -2.32. The molecule has 0 aromatic carbocycles. The Morgan fingerprint density at radius 3 is 1.41 bits per heavy atom. The topological polar surface area (TPSA) is 121 Å². The molecule has 0 radical (unpaired) electrons. The Labute approximate surface area is 107 Å². The molecule has 17 heavy (non-hydrogen) atoms. The van der Waals surface area contributed by atoms with Crippen molar-refractivity contribution in [2.75, 3.05) is 39.5 Å². The molecule has 5 N–H and O–H groups in total. The van der Waals surface area contributed by atoms with Gasteiger partial charge in [0.1, 0.15) is 6.10 Å². The molecule has 0 heterocycles. The zero-order valence-electron chi connectivity index (χ0n) is 9.82. The van der Waals surface area contributed by atoms with E-state index >= 15 is 0 Å². The third-order valence-electron chi connectivity index (χ3n) is 1.61. The number of halogens is 1. The number of carboxylic acids is 1. The molecule has 0 aliphatic carbocycles. The van der Waals surface area contributed by atoms with Crippen molar-refractivity contribution in [1.82, 2.24) is 4.90 Å². The summed E-state index contributed by atoms with van der Waals surface area (Å²) in [5.41, 5.74) is 0. The summed E-state index contributed by atoms with van der Waals surface area (Å²) in [6.07, 6.45) is -1.23. The van der Waals surface area contributed by atoms with Crippen LogP contribution in [0.1, 0.15) is 6.92 Å². The SMILES string of the molecule is CC(O)C(=O)O.Cl.OCCN(CCO)CCO. The maximum atomic E-state index is 9.45. The summed E-state index contributed by atoms with van der Waals surface area (Å²) >= 11 is 0. The molecule has 0 aliphatic heterocycles. The average molecular weight is 276 g/mol. The van der Waals surface area contributed by atoms with Gasteiger partial charge < -0.3 is 25.5 Å². The summed E-state index contributed by atoms with van der Waals surface area (Å²) in [6.45, 7) is 2.95. The Bertz CT molecular complexity index is 155. The lowest BCUT2D eigenvalue weighted by atomic mass is 10.4. The van der Waals surface area contributed by atoms with Gasteiger partial charge >= 0.3 is 5.97 Å². The van der Waals surface area contributed by atoms with Crippen molar-refractivity contribution in [3.63, 3.8) is 0 Å². The van der Waals surface area contributed by atoms with Crippen molar-refractivity contribution in [2.45, 2.75) is 13.0 Å². The molecule has 1 unspecified atom stereocenters. The Kier molecular flexibility index (Phi) is 20.0. The number of aliphatic hydroxyl groups is 4. The first-order chi connectivity index (χ1) is 7.49. The van der Waals surface area contributed by atoms with Crippen LogP contribution >= 0.6 is 12.4 Å². The number of nitrogens with zero attached hydrogens (tertiary/aromatic N) is 1. The van der Waals surface area contributed by atoms with E-state index in [0.29, 0.717) is 19.6 Å². The van der Waals surface area contributed by atoms with Gasteiger partial charge in [-0.05, 0) is 6.92 Å². The van der Waals surface area contributed by atoms with Crippen LogP contribution < -0.4 is 0 Å². The molecule has 0 saturated carbocycles. The summed E-state index contributed by atoms with van der Waals surface area (Å²) in [5, 5.41) is 41.2. The molecule has 0 rings (SSSR count). The molecule has 106 valence electrons. The van der Waals surface area contributed by atoms with Crippen LogP contribution in [0.3, 0.4) is 0 Å². The maximum absolute atomic E-state index is 9.45. The van der Waals surface area contributed by atoms with Crippen LogP contribution in [0.5, 0.6) is 0 Å². The molecular formula is C9H22ClNO6. The Balaban J connectivity index is -0.000000244. The van der Waals surface area contributed by atoms with Crippen LogP contribution in [-0.2, 0) is 4.79 Å². The number of rotatable bonds is 7. The van der Waals surface area contributed by atoms with Gasteiger partial charge in [0.05, 0.1) is 19.8 Å². The van der Waals surface area contributed by atoms with E-state index in [0.717, 1.165) is 0 Å². The number of hydrogen-bond donors (Lipinski definition) is 5. The molecular weight excluding hydrogens is 254 g/mol. The van der Waals surface area contributed by atoms with E-state index in [-0.39, 0.29) is 32.2 Å². The molecule has 8 heteroatoms. The van der Waals surface area contributed by atoms with Gasteiger partial charge in [-0.3, -0.25) is 4.90 Å². The summed E-state index contributed by atoms with van der Waals surface area (Å²) in [6, 6.07) is 0. The van der Waals surface area contributed by atoms with Crippen LogP contribution in [0.15, 0.2) is 0 Å². The summed E-state index contributed by atoms with van der Waals surface area (Å²) in [5.74, 6) is -1.19. The Hall–Kier alpha value is -0.440. The lowest BCUT2D eigenvalue weighted by Gasteiger charge is -2.17. The molecule has 0 bridgehead atoms. The molecule has 0 aliphatic rings. The lowest BCUT2D eigenvalue weighted by molar-refractivity contribution is -0.145. The second-order valence-corrected chi connectivity index (χ2v) is 3.03. The van der Waals surface area contributed by atoms with E-state index in [1.54, 1.807) is 4.90 Å². The normalized spacial score (nSPS) is 11.2. The quantitative estimate of drug-likeness (QED) is 0.369. The van der Waals surface area contributed by atoms with Gasteiger partial charge in [0, 0.05) is 19.6 Å². The summed E-state index contributed by atoms with van der Waals surface area (Å²) < 4.78 is 0. The first-order valence-electron chi connectivity index (χ1n) is 4.95. The van der Waals surface area contributed by atoms with Crippen LogP contribution in [0.2, 0.25) is 0 Å². The van der Waals surface area contributed by atoms with Crippen molar-refractivity contribution in [2.24, 2.45) is 0 Å². The fourth-order valence-corrected chi connectivity index (χ4v) is 0.760. The van der Waals surface area contributed by atoms with E-state index in [9.17, 15) is 4.79 Å². The minimum atomic E-state index is -1.23. The molecule has 0 fully saturated rings. The van der Waals surface area contributed by atoms with Gasteiger partial charge in [0.25, 0.3) is 0 Å². The molecule has 0 aromatic rings. The third kappa shape index (κ3) is 18.1. The van der Waals surface area contributed by atoms with Gasteiger partial charge in [-0.1, -0.05) is 0 Å². The standard InChI is InChI=1S/C6H15NO3.C3H6O3.ClH/c8-4-1-7(2-5-9)3-6-10;1-2(4)3(5)6;/h8-10H,1-6H2;2,4H,1H3,(H,5,6);1H. The van der Waals surface area contributed by atoms with Gasteiger partial charge in [-0.15, -0.1) is 12.4 Å². The Morgan fingerprint density at radius 2 is 1.29 bits per heavy atom. The summed E-state index contributed by atoms with van der Waals surface area (Å²) in [4.78, 5) is 11.2. The monoisotopic (exact) mass is 275 g/mol. The van der Waals surface area contributed by atoms with E-state index < -0.39 is 12.1 Å². The second kappa shape index (κ2) is 15.6. The molecule has 0 amide bonds. The van der Waals surface area contributed by atoms with E-state index in [4.69, 9.17) is 25.5 Å². The highest BCUT2D eigenvalue weighted by molar-refractivity contribution is 5.85. The fraction of sp³-hybridized carbons (Fsp3) is 0.889. The van der Waals surface area contributed by atoms with Crippen molar-refractivity contribution in [1.29, 1.82) is 0 Å². The maximum Gasteiger partial charge on any atom is 0.332 e. The van der Waals surface area contributed by atoms with Crippen LogP contribution in [0, 0.1) is 0 Å².